The molecule has 1 aromatic heterocycles. The maximum atomic E-state index is 6.28. The van der Waals surface area contributed by atoms with Crippen LogP contribution in [0.15, 0.2) is 21.1 Å². The van der Waals surface area contributed by atoms with Crippen LogP contribution in [0.2, 0.25) is 0 Å². The van der Waals surface area contributed by atoms with Gasteiger partial charge < -0.3 is 10.5 Å². The second-order valence-corrected chi connectivity index (χ2v) is 6.92. The van der Waals surface area contributed by atoms with Crippen LogP contribution in [0.4, 0.5) is 5.69 Å². The fourth-order valence-corrected chi connectivity index (χ4v) is 4.40. The Hall–Kier alpha value is -0.810. The molecular weight excluding hydrogens is 384 g/mol. The summed E-state index contributed by atoms with van der Waals surface area (Å²) in [4.78, 5) is 4.84. The van der Waals surface area contributed by atoms with Crippen LogP contribution in [0.3, 0.4) is 0 Å². The molecule has 20 heavy (non-hydrogen) atoms. The van der Waals surface area contributed by atoms with Gasteiger partial charge in [-0.15, -0.1) is 0 Å². The summed E-state index contributed by atoms with van der Waals surface area (Å²) in [7, 11) is 1.65. The lowest BCUT2D eigenvalue weighted by Crippen LogP contribution is -2.02. The Morgan fingerprint density at radius 1 is 1.20 bits per heavy atom. The minimum Gasteiger partial charge on any atom is -0.495 e. The Bertz CT molecular complexity index is 667. The minimum atomic E-state index is 0.545. The zero-order valence-corrected chi connectivity index (χ0v) is 14.4. The molecule has 1 aliphatic rings. The quantitative estimate of drug-likeness (QED) is 0.772. The molecule has 3 nitrogen and oxygen atoms in total. The molecule has 1 aromatic carbocycles. The van der Waals surface area contributed by atoms with Crippen molar-refractivity contribution in [2.24, 2.45) is 0 Å². The lowest BCUT2D eigenvalue weighted by Gasteiger charge is -2.15. The SMILES string of the molecule is COc1c(Br)cc(Br)c2nc(C3CCCC3)cc(N)c12. The summed E-state index contributed by atoms with van der Waals surface area (Å²) in [5, 5.41) is 0.871. The molecule has 1 aliphatic carbocycles. The molecule has 3 rings (SSSR count). The van der Waals surface area contributed by atoms with Crippen LogP contribution in [0, 0.1) is 0 Å². The summed E-state index contributed by atoms with van der Waals surface area (Å²) >= 11 is 7.09. The highest BCUT2D eigenvalue weighted by atomic mass is 79.9. The molecule has 0 atom stereocenters. The fourth-order valence-electron chi connectivity index (χ4n) is 2.99. The number of hydrogen-bond donors (Lipinski definition) is 1. The molecule has 2 aromatic rings. The Morgan fingerprint density at radius 3 is 2.55 bits per heavy atom. The molecule has 106 valence electrons. The van der Waals surface area contributed by atoms with Gasteiger partial charge in [-0.2, -0.15) is 0 Å². The molecular formula is C15H16Br2N2O. The van der Waals surface area contributed by atoms with Crippen molar-refractivity contribution in [2.45, 2.75) is 31.6 Å². The Balaban J connectivity index is 2.26. The second-order valence-electron chi connectivity index (χ2n) is 5.21. The predicted molar refractivity (Wildman–Crippen MR) is 89.3 cm³/mol. The normalized spacial score (nSPS) is 15.9. The standard InChI is InChI=1S/C15H16Br2N2O/c1-20-15-10(17)6-9(16)14-13(15)11(18)7-12(19-14)8-4-2-3-5-8/h6-8H,2-5H2,1H3,(H2,18,19). The van der Waals surface area contributed by atoms with Crippen LogP contribution < -0.4 is 10.5 Å². The van der Waals surface area contributed by atoms with E-state index in [-0.39, 0.29) is 0 Å². The lowest BCUT2D eigenvalue weighted by atomic mass is 10.0. The monoisotopic (exact) mass is 398 g/mol. The van der Waals surface area contributed by atoms with Crippen LogP contribution >= 0.6 is 31.9 Å². The molecule has 0 saturated heterocycles. The summed E-state index contributed by atoms with van der Waals surface area (Å²) in [6, 6.07) is 3.98. The third kappa shape index (κ3) is 2.31. The van der Waals surface area contributed by atoms with Crippen molar-refractivity contribution >= 4 is 48.5 Å². The maximum Gasteiger partial charge on any atom is 0.144 e. The maximum absolute atomic E-state index is 6.28. The van der Waals surface area contributed by atoms with Crippen molar-refractivity contribution < 1.29 is 4.74 Å². The van der Waals surface area contributed by atoms with Gasteiger partial charge in [0.1, 0.15) is 5.75 Å². The minimum absolute atomic E-state index is 0.545. The van der Waals surface area contributed by atoms with Gasteiger partial charge >= 0.3 is 0 Å². The number of anilines is 1. The number of pyridine rings is 1. The molecule has 1 fully saturated rings. The van der Waals surface area contributed by atoms with Gasteiger partial charge in [0.25, 0.3) is 0 Å². The number of benzene rings is 1. The third-order valence-electron chi connectivity index (χ3n) is 3.97. The van der Waals surface area contributed by atoms with E-state index >= 15 is 0 Å². The summed E-state index contributed by atoms with van der Waals surface area (Å²) in [5.74, 6) is 1.29. The van der Waals surface area contributed by atoms with Crippen LogP contribution in [-0.4, -0.2) is 12.1 Å². The number of halogens is 2. The number of rotatable bonds is 2. The van der Waals surface area contributed by atoms with Crippen LogP contribution in [0.25, 0.3) is 10.9 Å². The Labute approximate surface area is 135 Å². The molecule has 0 amide bonds. The fraction of sp³-hybridized carbons (Fsp3) is 0.400. The Morgan fingerprint density at radius 2 is 1.90 bits per heavy atom. The number of hydrogen-bond acceptors (Lipinski definition) is 3. The van der Waals surface area contributed by atoms with Gasteiger partial charge in [0.2, 0.25) is 0 Å². The predicted octanol–water partition coefficient (Wildman–Crippen LogP) is 5.01. The Kier molecular flexibility index (Phi) is 3.91. The van der Waals surface area contributed by atoms with E-state index in [1.807, 2.05) is 12.1 Å². The van der Waals surface area contributed by atoms with E-state index in [1.165, 1.54) is 25.7 Å². The van der Waals surface area contributed by atoms with E-state index in [2.05, 4.69) is 31.9 Å². The molecule has 5 heteroatoms. The lowest BCUT2D eigenvalue weighted by molar-refractivity contribution is 0.417. The first-order valence-electron chi connectivity index (χ1n) is 6.74. The van der Waals surface area contributed by atoms with Crippen molar-refractivity contribution in [2.75, 3.05) is 12.8 Å². The molecule has 1 saturated carbocycles. The average Bonchev–Trinajstić information content (AvgIpc) is 2.94. The van der Waals surface area contributed by atoms with Gasteiger partial charge in [0.05, 0.1) is 22.5 Å². The average molecular weight is 400 g/mol. The van der Waals surface area contributed by atoms with E-state index in [4.69, 9.17) is 15.5 Å². The van der Waals surface area contributed by atoms with E-state index in [0.29, 0.717) is 5.92 Å². The van der Waals surface area contributed by atoms with Gasteiger partial charge in [0, 0.05) is 21.8 Å². The molecule has 0 radical (unpaired) electrons. The number of nitrogen functional groups attached to an aromatic ring is 1. The molecule has 0 unspecified atom stereocenters. The zero-order valence-electron chi connectivity index (χ0n) is 11.2. The van der Waals surface area contributed by atoms with E-state index in [9.17, 15) is 0 Å². The summed E-state index contributed by atoms with van der Waals surface area (Å²) in [6.45, 7) is 0. The van der Waals surface area contributed by atoms with Crippen molar-refractivity contribution in [1.82, 2.24) is 4.98 Å². The van der Waals surface area contributed by atoms with E-state index in [0.717, 1.165) is 37.0 Å². The van der Waals surface area contributed by atoms with E-state index in [1.54, 1.807) is 7.11 Å². The highest BCUT2D eigenvalue weighted by Gasteiger charge is 2.22. The second kappa shape index (κ2) is 5.53. The first-order valence-corrected chi connectivity index (χ1v) is 8.32. The molecule has 1 heterocycles. The van der Waals surface area contributed by atoms with Gasteiger partial charge in [-0.1, -0.05) is 12.8 Å². The molecule has 0 bridgehead atoms. The van der Waals surface area contributed by atoms with Crippen molar-refractivity contribution in [3.05, 3.63) is 26.8 Å². The topological polar surface area (TPSA) is 48.1 Å². The highest BCUT2D eigenvalue weighted by molar-refractivity contribution is 9.11. The van der Waals surface area contributed by atoms with Gasteiger partial charge in [-0.3, -0.25) is 4.98 Å². The number of ether oxygens (including phenoxy) is 1. The number of nitrogens with two attached hydrogens (primary N) is 1. The van der Waals surface area contributed by atoms with Gasteiger partial charge in [-0.25, -0.2) is 0 Å². The van der Waals surface area contributed by atoms with Crippen molar-refractivity contribution in [1.29, 1.82) is 0 Å². The summed E-state index contributed by atoms with van der Waals surface area (Å²) in [5.41, 5.74) is 9.00. The van der Waals surface area contributed by atoms with Gasteiger partial charge in [0.15, 0.2) is 0 Å². The number of aromatic nitrogens is 1. The largest absolute Gasteiger partial charge is 0.495 e. The summed E-state index contributed by atoms with van der Waals surface area (Å²) in [6.07, 6.45) is 5.00. The van der Waals surface area contributed by atoms with Crippen molar-refractivity contribution in [3.63, 3.8) is 0 Å². The number of methoxy groups -OCH3 is 1. The van der Waals surface area contributed by atoms with E-state index < -0.39 is 0 Å². The molecule has 0 spiro atoms. The van der Waals surface area contributed by atoms with Crippen molar-refractivity contribution in [3.8, 4) is 5.75 Å². The number of nitrogens with zero attached hydrogens (tertiary/aromatic N) is 1. The number of fused-ring (bicyclic) bond motifs is 1. The third-order valence-corrected chi connectivity index (χ3v) is 5.16. The van der Waals surface area contributed by atoms with Crippen LogP contribution in [0.5, 0.6) is 5.75 Å². The first-order chi connectivity index (χ1) is 9.61. The van der Waals surface area contributed by atoms with Crippen LogP contribution in [0.1, 0.15) is 37.3 Å². The molecule has 2 N–H and O–H groups in total. The van der Waals surface area contributed by atoms with Gasteiger partial charge in [-0.05, 0) is 56.8 Å². The summed E-state index contributed by atoms with van der Waals surface area (Å²) < 4.78 is 7.28. The first kappa shape index (κ1) is 14.1. The van der Waals surface area contributed by atoms with Crippen LogP contribution in [-0.2, 0) is 0 Å². The highest BCUT2D eigenvalue weighted by Crippen LogP contribution is 2.42. The smallest absolute Gasteiger partial charge is 0.144 e. The molecule has 0 aliphatic heterocycles. The zero-order chi connectivity index (χ0) is 14.3.